The first-order chi connectivity index (χ1) is 11.3. The van der Waals surface area contributed by atoms with E-state index in [1.165, 1.54) is 4.70 Å². The Morgan fingerprint density at radius 1 is 1.30 bits per heavy atom. The van der Waals surface area contributed by atoms with Gasteiger partial charge in [-0.25, -0.2) is 9.97 Å². The van der Waals surface area contributed by atoms with Crippen molar-refractivity contribution in [2.75, 3.05) is 5.75 Å². The first-order valence-electron chi connectivity index (χ1n) is 7.58. The Hall–Kier alpha value is -1.86. The highest BCUT2D eigenvalue weighted by Crippen LogP contribution is 2.24. The second kappa shape index (κ2) is 6.33. The molecule has 0 saturated heterocycles. The van der Waals surface area contributed by atoms with Gasteiger partial charge in [0.1, 0.15) is 0 Å². The molecular formula is C16H16N4OS2. The largest absolute Gasteiger partial charge is 0.350 e. The van der Waals surface area contributed by atoms with E-state index in [9.17, 15) is 4.79 Å². The topological polar surface area (TPSA) is 59.8 Å². The molecule has 0 fully saturated rings. The maximum absolute atomic E-state index is 12.0. The van der Waals surface area contributed by atoms with Gasteiger partial charge in [-0.15, -0.1) is 11.3 Å². The number of nitrogens with one attached hydrogen (secondary N) is 1. The van der Waals surface area contributed by atoms with E-state index in [4.69, 9.17) is 0 Å². The van der Waals surface area contributed by atoms with Crippen LogP contribution in [0.1, 0.15) is 17.1 Å². The molecule has 0 radical (unpaired) electrons. The number of nitrogens with zero attached hydrogens (tertiary/aromatic N) is 3. The molecule has 5 nitrogen and oxygen atoms in total. The van der Waals surface area contributed by atoms with Gasteiger partial charge in [0.2, 0.25) is 5.91 Å². The molecular weight excluding hydrogens is 328 g/mol. The maximum Gasteiger partial charge on any atom is 0.220 e. The Labute approximate surface area is 142 Å². The van der Waals surface area contributed by atoms with Crippen molar-refractivity contribution in [3.63, 3.8) is 0 Å². The molecule has 0 atom stereocenters. The average Bonchev–Trinajstić information content (AvgIpc) is 3.24. The van der Waals surface area contributed by atoms with Crippen LogP contribution in [0.25, 0.3) is 10.2 Å². The predicted octanol–water partition coefficient (Wildman–Crippen LogP) is 2.85. The zero-order valence-corrected chi connectivity index (χ0v) is 14.1. The van der Waals surface area contributed by atoms with Crippen molar-refractivity contribution < 1.29 is 4.79 Å². The van der Waals surface area contributed by atoms with E-state index >= 15 is 0 Å². The van der Waals surface area contributed by atoms with Crippen LogP contribution in [0, 0.1) is 0 Å². The van der Waals surface area contributed by atoms with Gasteiger partial charge in [0.15, 0.2) is 5.16 Å². The Kier molecular flexibility index (Phi) is 4.05. The summed E-state index contributed by atoms with van der Waals surface area (Å²) >= 11 is 3.42. The summed E-state index contributed by atoms with van der Waals surface area (Å²) in [6, 6.07) is 8.06. The number of aromatic nitrogens is 3. The van der Waals surface area contributed by atoms with Gasteiger partial charge in [0, 0.05) is 31.3 Å². The lowest BCUT2D eigenvalue weighted by Gasteiger charge is -2.02. The molecule has 2 aromatic heterocycles. The lowest BCUT2D eigenvalue weighted by molar-refractivity contribution is -0.121. The minimum atomic E-state index is 0.0464. The fourth-order valence-electron chi connectivity index (χ4n) is 2.57. The Morgan fingerprint density at radius 2 is 2.22 bits per heavy atom. The predicted molar refractivity (Wildman–Crippen MR) is 92.7 cm³/mol. The van der Waals surface area contributed by atoms with Crippen LogP contribution in [0.2, 0.25) is 0 Å². The molecule has 0 bridgehead atoms. The fourth-order valence-corrected chi connectivity index (χ4v) is 4.50. The zero-order chi connectivity index (χ0) is 15.6. The molecule has 118 valence electrons. The number of para-hydroxylation sites is 1. The molecule has 1 aliphatic rings. The molecule has 0 saturated carbocycles. The highest BCUT2D eigenvalue weighted by atomic mass is 32.2. The highest BCUT2D eigenvalue weighted by Gasteiger charge is 2.14. The van der Waals surface area contributed by atoms with Crippen molar-refractivity contribution in [1.82, 2.24) is 19.9 Å². The van der Waals surface area contributed by atoms with Gasteiger partial charge in [-0.05, 0) is 12.1 Å². The number of rotatable bonds is 5. The first kappa shape index (κ1) is 14.7. The van der Waals surface area contributed by atoms with Crippen molar-refractivity contribution in [1.29, 1.82) is 0 Å². The first-order valence-corrected chi connectivity index (χ1v) is 9.38. The van der Waals surface area contributed by atoms with Gasteiger partial charge < -0.3 is 9.88 Å². The van der Waals surface area contributed by atoms with Crippen LogP contribution in [-0.4, -0.2) is 26.2 Å². The third-order valence-corrected chi connectivity index (χ3v) is 5.79. The molecule has 4 rings (SSSR count). The third kappa shape index (κ3) is 3.25. The second-order valence-corrected chi connectivity index (χ2v) is 7.59. The molecule has 3 heterocycles. The van der Waals surface area contributed by atoms with Crippen molar-refractivity contribution >= 4 is 39.2 Å². The quantitative estimate of drug-likeness (QED) is 0.773. The van der Waals surface area contributed by atoms with Crippen molar-refractivity contribution in [2.45, 2.75) is 31.1 Å². The van der Waals surface area contributed by atoms with Crippen LogP contribution >= 0.6 is 23.1 Å². The van der Waals surface area contributed by atoms with E-state index < -0.39 is 0 Å². The number of imidazole rings is 1. The van der Waals surface area contributed by atoms with Crippen LogP contribution in [0.3, 0.4) is 0 Å². The molecule has 1 aromatic carbocycles. The Morgan fingerprint density at radius 3 is 3.09 bits per heavy atom. The lowest BCUT2D eigenvalue weighted by Crippen LogP contribution is -2.23. The van der Waals surface area contributed by atoms with E-state index in [1.54, 1.807) is 23.1 Å². The van der Waals surface area contributed by atoms with E-state index in [-0.39, 0.29) is 5.91 Å². The van der Waals surface area contributed by atoms with Crippen molar-refractivity contribution in [2.24, 2.45) is 0 Å². The molecule has 23 heavy (non-hydrogen) atoms. The third-order valence-electron chi connectivity index (χ3n) is 3.72. The number of aryl methyl sites for hydroxylation is 2. The maximum atomic E-state index is 12.0. The van der Waals surface area contributed by atoms with Gasteiger partial charge >= 0.3 is 0 Å². The van der Waals surface area contributed by atoms with E-state index in [1.807, 2.05) is 24.4 Å². The summed E-state index contributed by atoms with van der Waals surface area (Å²) in [5, 5.41) is 5.02. The minimum Gasteiger partial charge on any atom is -0.350 e. The summed E-state index contributed by atoms with van der Waals surface area (Å²) in [6.07, 6.45) is 3.17. The number of amides is 1. The highest BCUT2D eigenvalue weighted by molar-refractivity contribution is 7.99. The van der Waals surface area contributed by atoms with Crippen LogP contribution in [0.5, 0.6) is 0 Å². The minimum absolute atomic E-state index is 0.0464. The molecule has 7 heteroatoms. The van der Waals surface area contributed by atoms with Gasteiger partial charge in [-0.3, -0.25) is 4.79 Å². The average molecular weight is 344 g/mol. The number of carbonyl (C=O) groups excluding carboxylic acids is 1. The molecule has 0 unspecified atom stereocenters. The van der Waals surface area contributed by atoms with Gasteiger partial charge in [-0.2, -0.15) is 0 Å². The number of hydrogen-bond acceptors (Lipinski definition) is 5. The summed E-state index contributed by atoms with van der Waals surface area (Å²) in [5.74, 6) is 1.14. The van der Waals surface area contributed by atoms with Gasteiger partial charge in [0.25, 0.3) is 0 Å². The molecule has 1 aliphatic heterocycles. The van der Waals surface area contributed by atoms with Crippen LogP contribution in [0.4, 0.5) is 0 Å². The summed E-state index contributed by atoms with van der Waals surface area (Å²) < 4.78 is 3.32. The molecule has 0 aliphatic carbocycles. The Balaban J connectivity index is 1.29. The summed E-state index contributed by atoms with van der Waals surface area (Å²) in [6.45, 7) is 1.51. The molecule has 0 spiro atoms. The fraction of sp³-hybridized carbons (Fsp3) is 0.312. The summed E-state index contributed by atoms with van der Waals surface area (Å²) in [7, 11) is 0. The molecule has 3 aromatic rings. The zero-order valence-electron chi connectivity index (χ0n) is 12.5. The number of thiazole rings is 1. The van der Waals surface area contributed by atoms with Gasteiger partial charge in [0.05, 0.1) is 27.5 Å². The number of carbonyl (C=O) groups is 1. The normalized spacial score (nSPS) is 13.4. The number of thioether (sulfide) groups is 1. The SMILES string of the molecule is O=C(CCc1nc2ccccc2s1)NCc1cn2c(n1)SCC2. The van der Waals surface area contributed by atoms with Gasteiger partial charge in [-0.1, -0.05) is 23.9 Å². The second-order valence-electron chi connectivity index (χ2n) is 5.41. The number of benzene rings is 1. The molecule has 1 N–H and O–H groups in total. The summed E-state index contributed by atoms with van der Waals surface area (Å²) in [5.41, 5.74) is 1.94. The van der Waals surface area contributed by atoms with E-state index in [2.05, 4.69) is 25.9 Å². The van der Waals surface area contributed by atoms with Crippen LogP contribution in [0.15, 0.2) is 35.6 Å². The van der Waals surface area contributed by atoms with E-state index in [0.29, 0.717) is 19.4 Å². The standard InChI is InChI=1S/C16H16N4OS2/c21-14(17-9-11-10-20-7-8-22-16(20)18-11)5-6-15-19-12-3-1-2-4-13(12)23-15/h1-4,10H,5-9H2,(H,17,21). The molecule has 1 amide bonds. The lowest BCUT2D eigenvalue weighted by atomic mass is 10.3. The van der Waals surface area contributed by atoms with E-state index in [0.717, 1.165) is 33.7 Å². The summed E-state index contributed by atoms with van der Waals surface area (Å²) in [4.78, 5) is 21.1. The number of fused-ring (bicyclic) bond motifs is 2. The van der Waals surface area contributed by atoms with Crippen molar-refractivity contribution in [3.8, 4) is 0 Å². The Bertz CT molecular complexity index is 800. The smallest absolute Gasteiger partial charge is 0.220 e. The van der Waals surface area contributed by atoms with Crippen LogP contribution < -0.4 is 5.32 Å². The van der Waals surface area contributed by atoms with Crippen LogP contribution in [-0.2, 0) is 24.3 Å². The van der Waals surface area contributed by atoms with Crippen molar-refractivity contribution in [3.05, 3.63) is 41.2 Å². The monoisotopic (exact) mass is 344 g/mol. The number of hydrogen-bond donors (Lipinski definition) is 1.